The molecule has 1 aliphatic heterocycles. The monoisotopic (exact) mass is 346 g/mol. The van der Waals surface area contributed by atoms with Gasteiger partial charge in [0.1, 0.15) is 0 Å². The molecule has 2 aromatic rings. The molecule has 0 bridgehead atoms. The molecule has 2 aliphatic rings. The first-order valence-electron chi connectivity index (χ1n) is 9.48. The summed E-state index contributed by atoms with van der Waals surface area (Å²) in [6.45, 7) is 4.83. The van der Waals surface area contributed by atoms with E-state index in [4.69, 9.17) is 0 Å². The Kier molecular flexibility index (Phi) is 4.94. The second-order valence-electron chi connectivity index (χ2n) is 7.58. The van der Waals surface area contributed by atoms with Crippen LogP contribution in [0.1, 0.15) is 74.7 Å². The smallest absolute Gasteiger partial charge is 0.215 e. The van der Waals surface area contributed by atoms with Gasteiger partial charge >= 0.3 is 0 Å². The van der Waals surface area contributed by atoms with Crippen LogP contribution in [0.3, 0.4) is 0 Å². The molecular formula is C18H28N5S+. The summed E-state index contributed by atoms with van der Waals surface area (Å²) in [4.78, 5) is 3.05. The lowest BCUT2D eigenvalue weighted by Crippen LogP contribution is -3.14. The van der Waals surface area contributed by atoms with E-state index in [0.717, 1.165) is 11.7 Å². The van der Waals surface area contributed by atoms with E-state index >= 15 is 0 Å². The highest BCUT2D eigenvalue weighted by atomic mass is 32.1. The fraction of sp³-hybridized carbons (Fsp3) is 0.722. The molecule has 3 atom stereocenters. The summed E-state index contributed by atoms with van der Waals surface area (Å²) in [6.07, 6.45) is 9.08. The number of aromatic nitrogens is 4. The van der Waals surface area contributed by atoms with E-state index in [2.05, 4.69) is 44.6 Å². The van der Waals surface area contributed by atoms with E-state index in [1.807, 2.05) is 11.3 Å². The van der Waals surface area contributed by atoms with Gasteiger partial charge in [-0.1, -0.05) is 32.3 Å². The SMILES string of the molecule is C[C@@H]1CCC[NH+]([C@H](c2cccs2)c2nnnn2C2CCCCC2)C1. The third-order valence-electron chi connectivity index (χ3n) is 5.74. The Hall–Kier alpha value is -1.27. The maximum Gasteiger partial charge on any atom is 0.215 e. The molecule has 1 aliphatic carbocycles. The van der Waals surface area contributed by atoms with Crippen LogP contribution in [-0.2, 0) is 0 Å². The molecule has 0 amide bonds. The number of nitrogens with zero attached hydrogens (tertiary/aromatic N) is 4. The third-order valence-corrected chi connectivity index (χ3v) is 6.68. The number of nitrogens with one attached hydrogen (secondary N) is 1. The maximum absolute atomic E-state index is 4.54. The second-order valence-corrected chi connectivity index (χ2v) is 8.56. The Morgan fingerprint density at radius 2 is 2.08 bits per heavy atom. The summed E-state index contributed by atoms with van der Waals surface area (Å²) in [5, 5.41) is 15.2. The van der Waals surface area contributed by atoms with Crippen molar-refractivity contribution >= 4 is 11.3 Å². The van der Waals surface area contributed by atoms with Crippen LogP contribution in [0.5, 0.6) is 0 Å². The largest absolute Gasteiger partial charge is 0.321 e. The molecule has 1 N–H and O–H groups in total. The minimum Gasteiger partial charge on any atom is -0.321 e. The number of thiophene rings is 1. The van der Waals surface area contributed by atoms with Crippen LogP contribution in [-0.4, -0.2) is 33.3 Å². The average molecular weight is 347 g/mol. The summed E-state index contributed by atoms with van der Waals surface area (Å²) in [5.41, 5.74) is 0. The molecule has 24 heavy (non-hydrogen) atoms. The van der Waals surface area contributed by atoms with Gasteiger partial charge in [-0.25, -0.2) is 4.68 Å². The zero-order valence-corrected chi connectivity index (χ0v) is 15.3. The Morgan fingerprint density at radius 1 is 1.21 bits per heavy atom. The van der Waals surface area contributed by atoms with Crippen molar-refractivity contribution in [3.63, 3.8) is 0 Å². The topological polar surface area (TPSA) is 48.0 Å². The molecule has 1 saturated heterocycles. The van der Waals surface area contributed by atoms with Crippen molar-refractivity contribution in [3.05, 3.63) is 28.2 Å². The van der Waals surface area contributed by atoms with Crippen molar-refractivity contribution < 1.29 is 4.90 Å². The van der Waals surface area contributed by atoms with Gasteiger partial charge in [0.15, 0.2) is 6.04 Å². The zero-order valence-electron chi connectivity index (χ0n) is 14.5. The van der Waals surface area contributed by atoms with E-state index in [1.54, 1.807) is 4.90 Å². The van der Waals surface area contributed by atoms with Gasteiger partial charge in [0.05, 0.1) is 24.0 Å². The van der Waals surface area contributed by atoms with E-state index in [9.17, 15) is 0 Å². The number of likely N-dealkylation sites (tertiary alicyclic amines) is 1. The molecule has 0 aromatic carbocycles. The van der Waals surface area contributed by atoms with Crippen molar-refractivity contribution in [2.45, 2.75) is 64.0 Å². The summed E-state index contributed by atoms with van der Waals surface area (Å²) in [5.74, 6) is 1.88. The number of rotatable bonds is 4. The van der Waals surface area contributed by atoms with Crippen LogP contribution in [0, 0.1) is 5.92 Å². The van der Waals surface area contributed by atoms with Gasteiger partial charge in [-0.3, -0.25) is 0 Å². The van der Waals surface area contributed by atoms with Gasteiger partial charge in [0, 0.05) is 5.92 Å². The molecule has 2 fully saturated rings. The molecule has 6 heteroatoms. The van der Waals surface area contributed by atoms with Gasteiger partial charge in [0.25, 0.3) is 0 Å². The lowest BCUT2D eigenvalue weighted by Gasteiger charge is -2.34. The standard InChI is InChI=1S/C18H27N5S/c1-14-7-5-11-22(13-14)17(16-10-6-12-24-16)18-19-20-21-23(18)15-8-3-2-4-9-15/h6,10,12,14-15,17H,2-5,7-9,11,13H2,1H3/p+1/t14-,17-/m1/s1. The van der Waals surface area contributed by atoms with E-state index in [-0.39, 0.29) is 0 Å². The van der Waals surface area contributed by atoms with Gasteiger partial charge in [0.2, 0.25) is 5.82 Å². The molecule has 1 saturated carbocycles. The fourth-order valence-corrected chi connectivity index (χ4v) is 5.41. The molecule has 3 heterocycles. The van der Waals surface area contributed by atoms with Gasteiger partial charge in [-0.15, -0.1) is 16.4 Å². The Morgan fingerprint density at radius 3 is 2.83 bits per heavy atom. The summed E-state index contributed by atoms with van der Waals surface area (Å²) < 4.78 is 2.18. The average Bonchev–Trinajstić information content (AvgIpc) is 3.29. The lowest BCUT2D eigenvalue weighted by molar-refractivity contribution is -0.934. The summed E-state index contributed by atoms with van der Waals surface area (Å²) in [6, 6.07) is 5.22. The number of piperidine rings is 1. The first-order chi connectivity index (χ1) is 11.8. The molecule has 5 nitrogen and oxygen atoms in total. The first kappa shape index (κ1) is 16.2. The summed E-state index contributed by atoms with van der Waals surface area (Å²) >= 11 is 1.85. The van der Waals surface area contributed by atoms with Crippen LogP contribution in [0.25, 0.3) is 0 Å². The highest BCUT2D eigenvalue weighted by molar-refractivity contribution is 7.10. The van der Waals surface area contributed by atoms with Gasteiger partial charge in [-0.2, -0.15) is 0 Å². The Balaban J connectivity index is 1.68. The van der Waals surface area contributed by atoms with Gasteiger partial charge in [-0.05, 0) is 47.6 Å². The number of tetrazole rings is 1. The van der Waals surface area contributed by atoms with Crippen LogP contribution >= 0.6 is 11.3 Å². The lowest BCUT2D eigenvalue weighted by atomic mass is 9.95. The second kappa shape index (κ2) is 7.31. The minimum atomic E-state index is 0.296. The molecule has 130 valence electrons. The zero-order chi connectivity index (χ0) is 16.4. The number of hydrogen-bond donors (Lipinski definition) is 1. The van der Waals surface area contributed by atoms with E-state index in [0.29, 0.717) is 12.1 Å². The maximum atomic E-state index is 4.54. The molecule has 4 rings (SSSR count). The Labute approximate surface area is 148 Å². The number of hydrogen-bond acceptors (Lipinski definition) is 4. The predicted molar refractivity (Wildman–Crippen MR) is 95.2 cm³/mol. The van der Waals surface area contributed by atoms with Crippen LogP contribution in [0.4, 0.5) is 0 Å². The normalized spacial score (nSPS) is 27.2. The third kappa shape index (κ3) is 3.26. The van der Waals surface area contributed by atoms with Crippen molar-refractivity contribution in [3.8, 4) is 0 Å². The highest BCUT2D eigenvalue weighted by Gasteiger charge is 2.36. The highest BCUT2D eigenvalue weighted by Crippen LogP contribution is 2.31. The van der Waals surface area contributed by atoms with Crippen molar-refractivity contribution in [2.24, 2.45) is 5.92 Å². The van der Waals surface area contributed by atoms with E-state index in [1.165, 1.54) is 62.9 Å². The Bertz CT molecular complexity index is 632. The van der Waals surface area contributed by atoms with Crippen molar-refractivity contribution in [2.75, 3.05) is 13.1 Å². The summed E-state index contributed by atoms with van der Waals surface area (Å²) in [7, 11) is 0. The molecule has 2 aromatic heterocycles. The quantitative estimate of drug-likeness (QED) is 0.926. The fourth-order valence-electron chi connectivity index (χ4n) is 4.53. The van der Waals surface area contributed by atoms with Gasteiger partial charge < -0.3 is 4.90 Å². The van der Waals surface area contributed by atoms with Crippen molar-refractivity contribution in [1.29, 1.82) is 0 Å². The number of quaternary nitrogens is 1. The predicted octanol–water partition coefficient (Wildman–Crippen LogP) is 2.64. The molecule has 0 spiro atoms. The molecular weight excluding hydrogens is 318 g/mol. The first-order valence-corrected chi connectivity index (χ1v) is 10.4. The van der Waals surface area contributed by atoms with Crippen LogP contribution < -0.4 is 4.90 Å². The molecule has 0 radical (unpaired) electrons. The van der Waals surface area contributed by atoms with Crippen molar-refractivity contribution in [1.82, 2.24) is 20.2 Å². The molecule has 1 unspecified atom stereocenters. The van der Waals surface area contributed by atoms with E-state index < -0.39 is 0 Å². The van der Waals surface area contributed by atoms with Crippen LogP contribution in [0.15, 0.2) is 17.5 Å². The minimum absolute atomic E-state index is 0.296. The van der Waals surface area contributed by atoms with Crippen LogP contribution in [0.2, 0.25) is 0 Å².